The van der Waals surface area contributed by atoms with Gasteiger partial charge in [0.05, 0.1) is 24.1 Å². The summed E-state index contributed by atoms with van der Waals surface area (Å²) in [6.45, 7) is 0.314. The number of nitrogens with zero attached hydrogens (tertiary/aromatic N) is 2. The van der Waals surface area contributed by atoms with Gasteiger partial charge >= 0.3 is 12.1 Å². The highest BCUT2D eigenvalue weighted by molar-refractivity contribution is 5.89. The number of hydrogen-bond donors (Lipinski definition) is 2. The van der Waals surface area contributed by atoms with Gasteiger partial charge < -0.3 is 10.0 Å². The third kappa shape index (κ3) is 3.51. The van der Waals surface area contributed by atoms with Gasteiger partial charge in [-0.3, -0.25) is 14.7 Å². The summed E-state index contributed by atoms with van der Waals surface area (Å²) in [6.07, 6.45) is -2.75. The normalized spacial score (nSPS) is 18.1. The number of carbonyl (C=O) groups is 2. The van der Waals surface area contributed by atoms with Crippen molar-refractivity contribution in [2.45, 2.75) is 38.9 Å². The van der Waals surface area contributed by atoms with Crippen molar-refractivity contribution in [2.24, 2.45) is 5.92 Å². The van der Waals surface area contributed by atoms with E-state index in [9.17, 15) is 22.8 Å². The van der Waals surface area contributed by atoms with Gasteiger partial charge in [0, 0.05) is 11.9 Å². The number of H-pyrrole nitrogens is 1. The van der Waals surface area contributed by atoms with Crippen molar-refractivity contribution in [1.29, 1.82) is 0 Å². The molecule has 0 aliphatic carbocycles. The average Bonchev–Trinajstić information content (AvgIpc) is 2.98. The largest absolute Gasteiger partial charge is 0.481 e. The lowest BCUT2D eigenvalue weighted by molar-refractivity contribution is -0.165. The molecule has 0 bridgehead atoms. The van der Waals surface area contributed by atoms with Gasteiger partial charge in [0.1, 0.15) is 6.54 Å². The van der Waals surface area contributed by atoms with Crippen LogP contribution in [0.1, 0.15) is 30.0 Å². The number of carbonyl (C=O) groups excluding carboxylic acids is 1. The van der Waals surface area contributed by atoms with Crippen molar-refractivity contribution in [2.75, 3.05) is 6.54 Å². The topological polar surface area (TPSA) is 86.3 Å². The lowest BCUT2D eigenvalue weighted by atomic mass is 9.91. The van der Waals surface area contributed by atoms with Crippen LogP contribution in [0.2, 0.25) is 0 Å². The molecule has 2 aromatic rings. The zero-order chi connectivity index (χ0) is 19.1. The van der Waals surface area contributed by atoms with Crippen molar-refractivity contribution in [3.05, 3.63) is 29.0 Å². The minimum absolute atomic E-state index is 0.100. The van der Waals surface area contributed by atoms with Crippen molar-refractivity contribution < 1.29 is 27.9 Å². The quantitative estimate of drug-likeness (QED) is 0.868. The van der Waals surface area contributed by atoms with Gasteiger partial charge in [-0.15, -0.1) is 0 Å². The number of aryl methyl sites for hydroxylation is 1. The standard InChI is InChI=1S/C17H18F3N3O3/c1-2-9-3-10-4-11(5-14(24)25)16(26)23(8-17(18,19)20)7-13(10)12-6-21-22-15(9)12/h3,6,11H,2,4-5,7-8H2,1H3,(H,21,22)(H,24,25)/t11-/m0/s1. The molecule has 0 saturated heterocycles. The third-order valence-electron chi connectivity index (χ3n) is 4.67. The molecular weight excluding hydrogens is 351 g/mol. The molecule has 1 atom stereocenters. The van der Waals surface area contributed by atoms with E-state index < -0.39 is 36.9 Å². The number of aromatic amines is 1. The summed E-state index contributed by atoms with van der Waals surface area (Å²) >= 11 is 0. The summed E-state index contributed by atoms with van der Waals surface area (Å²) in [5.41, 5.74) is 2.97. The van der Waals surface area contributed by atoms with E-state index in [1.54, 1.807) is 6.20 Å². The first-order chi connectivity index (χ1) is 12.2. The number of fused-ring (bicyclic) bond motifs is 3. The summed E-state index contributed by atoms with van der Waals surface area (Å²) in [7, 11) is 0. The maximum Gasteiger partial charge on any atom is 0.406 e. The molecule has 2 N–H and O–H groups in total. The Labute approximate surface area is 147 Å². The minimum Gasteiger partial charge on any atom is -0.481 e. The van der Waals surface area contributed by atoms with E-state index in [0.717, 1.165) is 11.1 Å². The number of nitrogens with one attached hydrogen (secondary N) is 1. The summed E-state index contributed by atoms with van der Waals surface area (Å²) < 4.78 is 38.9. The Kier molecular flexibility index (Phi) is 4.64. The zero-order valence-electron chi connectivity index (χ0n) is 14.1. The second kappa shape index (κ2) is 6.62. The second-order valence-electron chi connectivity index (χ2n) is 6.49. The third-order valence-corrected chi connectivity index (χ3v) is 4.67. The maximum atomic E-state index is 13.0. The van der Waals surface area contributed by atoms with Crippen LogP contribution in [0.15, 0.2) is 12.3 Å². The van der Waals surface area contributed by atoms with Crippen LogP contribution in [0.25, 0.3) is 10.9 Å². The molecule has 0 radical (unpaired) electrons. The van der Waals surface area contributed by atoms with Gasteiger partial charge in [-0.25, -0.2) is 0 Å². The Bertz CT molecular complexity index is 860. The summed E-state index contributed by atoms with van der Waals surface area (Å²) in [6, 6.07) is 1.84. The van der Waals surface area contributed by atoms with Gasteiger partial charge in [0.25, 0.3) is 0 Å². The number of benzene rings is 1. The van der Waals surface area contributed by atoms with E-state index in [1.807, 2.05) is 13.0 Å². The van der Waals surface area contributed by atoms with Crippen LogP contribution in [0.3, 0.4) is 0 Å². The Balaban J connectivity index is 2.12. The molecule has 0 fully saturated rings. The highest BCUT2D eigenvalue weighted by Crippen LogP contribution is 2.33. The minimum atomic E-state index is -4.56. The fraction of sp³-hybridized carbons (Fsp3) is 0.471. The Morgan fingerprint density at radius 3 is 2.81 bits per heavy atom. The Morgan fingerprint density at radius 2 is 2.19 bits per heavy atom. The van der Waals surface area contributed by atoms with E-state index in [4.69, 9.17) is 5.11 Å². The highest BCUT2D eigenvalue weighted by atomic mass is 19.4. The van der Waals surface area contributed by atoms with Gasteiger partial charge in [0.2, 0.25) is 5.91 Å². The van der Waals surface area contributed by atoms with Crippen LogP contribution in [0, 0.1) is 5.92 Å². The monoisotopic (exact) mass is 369 g/mol. The summed E-state index contributed by atoms with van der Waals surface area (Å²) in [4.78, 5) is 24.4. The molecule has 2 heterocycles. The second-order valence-corrected chi connectivity index (χ2v) is 6.49. The molecule has 140 valence electrons. The molecule has 6 nitrogen and oxygen atoms in total. The average molecular weight is 369 g/mol. The highest BCUT2D eigenvalue weighted by Gasteiger charge is 2.38. The molecule has 0 unspecified atom stereocenters. The van der Waals surface area contributed by atoms with E-state index in [-0.39, 0.29) is 13.0 Å². The molecule has 26 heavy (non-hydrogen) atoms. The van der Waals surface area contributed by atoms with Crippen molar-refractivity contribution in [1.82, 2.24) is 15.1 Å². The number of aliphatic carboxylic acids is 1. The molecule has 0 spiro atoms. The fourth-order valence-electron chi connectivity index (χ4n) is 3.55. The molecule has 3 rings (SSSR count). The number of carboxylic acid groups (broad SMARTS) is 1. The van der Waals surface area contributed by atoms with E-state index in [1.165, 1.54) is 0 Å². The van der Waals surface area contributed by atoms with E-state index in [2.05, 4.69) is 10.2 Å². The van der Waals surface area contributed by atoms with E-state index in [0.29, 0.717) is 27.8 Å². The molecular formula is C17H18F3N3O3. The van der Waals surface area contributed by atoms with E-state index >= 15 is 0 Å². The maximum absolute atomic E-state index is 13.0. The molecule has 1 aliphatic rings. The molecule has 1 aromatic carbocycles. The number of amides is 1. The number of hydrogen-bond acceptors (Lipinski definition) is 3. The van der Waals surface area contributed by atoms with Crippen LogP contribution in [0.4, 0.5) is 13.2 Å². The van der Waals surface area contributed by atoms with Gasteiger partial charge in [-0.1, -0.05) is 13.0 Å². The first kappa shape index (κ1) is 18.2. The number of rotatable bonds is 4. The van der Waals surface area contributed by atoms with Crippen molar-refractivity contribution in [3.63, 3.8) is 0 Å². The first-order valence-corrected chi connectivity index (χ1v) is 8.23. The van der Waals surface area contributed by atoms with Gasteiger partial charge in [-0.2, -0.15) is 18.3 Å². The smallest absolute Gasteiger partial charge is 0.406 e. The SMILES string of the molecule is CCc1cc2c(c3cn[nH]c13)CN(CC(F)(F)F)C(=O)[C@H](CC(=O)O)C2. The summed E-state index contributed by atoms with van der Waals surface area (Å²) in [5, 5.41) is 16.6. The Morgan fingerprint density at radius 1 is 1.46 bits per heavy atom. The van der Waals surface area contributed by atoms with Crippen molar-refractivity contribution in [3.8, 4) is 0 Å². The summed E-state index contributed by atoms with van der Waals surface area (Å²) in [5.74, 6) is -3.01. The van der Waals surface area contributed by atoms with Crippen LogP contribution in [-0.4, -0.2) is 44.8 Å². The lowest BCUT2D eigenvalue weighted by Gasteiger charge is -2.25. The van der Waals surface area contributed by atoms with Gasteiger partial charge in [0.15, 0.2) is 0 Å². The lowest BCUT2D eigenvalue weighted by Crippen LogP contribution is -2.41. The number of halogens is 3. The number of carboxylic acids is 1. The number of alkyl halides is 3. The molecule has 1 aromatic heterocycles. The molecule has 9 heteroatoms. The van der Waals surface area contributed by atoms with Crippen LogP contribution < -0.4 is 0 Å². The molecule has 1 aliphatic heterocycles. The molecule has 0 saturated carbocycles. The zero-order valence-corrected chi connectivity index (χ0v) is 14.1. The fourth-order valence-corrected chi connectivity index (χ4v) is 3.55. The van der Waals surface area contributed by atoms with Crippen LogP contribution >= 0.6 is 0 Å². The number of aromatic nitrogens is 2. The van der Waals surface area contributed by atoms with Crippen LogP contribution in [0.5, 0.6) is 0 Å². The Hall–Kier alpha value is -2.58. The predicted octanol–water partition coefficient (Wildman–Crippen LogP) is 2.66. The van der Waals surface area contributed by atoms with Crippen molar-refractivity contribution >= 4 is 22.8 Å². The van der Waals surface area contributed by atoms with Gasteiger partial charge in [-0.05, 0) is 29.5 Å². The predicted molar refractivity (Wildman–Crippen MR) is 86.4 cm³/mol. The van der Waals surface area contributed by atoms with Crippen LogP contribution in [-0.2, 0) is 29.0 Å². The molecule has 1 amide bonds. The first-order valence-electron chi connectivity index (χ1n) is 8.23.